The van der Waals surface area contributed by atoms with E-state index in [1.165, 1.54) is 20.8 Å². The predicted octanol–water partition coefficient (Wildman–Crippen LogP) is -0.188. The summed E-state index contributed by atoms with van der Waals surface area (Å²) >= 11 is 0. The molecule has 0 saturated carbocycles. The first-order valence-corrected chi connectivity index (χ1v) is 8.12. The van der Waals surface area contributed by atoms with Gasteiger partial charge >= 0.3 is 0 Å². The number of aromatic nitrogens is 1. The van der Waals surface area contributed by atoms with Crippen molar-refractivity contribution in [3.63, 3.8) is 0 Å². The molecule has 1 aromatic rings. The van der Waals surface area contributed by atoms with E-state index >= 15 is 0 Å². The Hall–Kier alpha value is -1.45. The number of hydrogen-bond donors (Lipinski definition) is 3. The second-order valence-electron chi connectivity index (χ2n) is 5.05. The molecule has 21 heavy (non-hydrogen) atoms. The van der Waals surface area contributed by atoms with Crippen LogP contribution in [0.1, 0.15) is 31.7 Å². The van der Waals surface area contributed by atoms with Gasteiger partial charge in [0.2, 0.25) is 15.9 Å². The van der Waals surface area contributed by atoms with Crippen LogP contribution in [0, 0.1) is 13.8 Å². The van der Waals surface area contributed by atoms with Crippen LogP contribution in [0.2, 0.25) is 0 Å². The number of carbonyl (C=O) groups is 1. The van der Waals surface area contributed by atoms with Gasteiger partial charge in [0.15, 0.2) is 5.76 Å². The number of nitrogens with two attached hydrogens (primary N) is 1. The molecule has 4 N–H and O–H groups in total. The summed E-state index contributed by atoms with van der Waals surface area (Å²) in [5.41, 5.74) is 5.83. The van der Waals surface area contributed by atoms with E-state index in [9.17, 15) is 13.2 Å². The van der Waals surface area contributed by atoms with E-state index in [0.717, 1.165) is 0 Å². The number of nitrogens with zero attached hydrogens (tertiary/aromatic N) is 1. The zero-order valence-corrected chi connectivity index (χ0v) is 13.5. The van der Waals surface area contributed by atoms with Crippen LogP contribution in [-0.2, 0) is 14.8 Å². The molecule has 1 rings (SSSR count). The summed E-state index contributed by atoms with van der Waals surface area (Å²) in [6, 6.07) is -0.934. The zero-order valence-electron chi connectivity index (χ0n) is 12.6. The standard InChI is InChI=1S/C12H22N4O4S/c1-7(13)5-6-14-12(17)9(3)16-21(18,19)11-8(2)15-20-10(11)4/h7,9,16H,5-6,13H2,1-4H3,(H,14,17). The quantitative estimate of drug-likeness (QED) is 0.639. The minimum atomic E-state index is -3.86. The fourth-order valence-corrected chi connectivity index (χ4v) is 3.31. The van der Waals surface area contributed by atoms with Crippen LogP contribution in [-0.4, -0.2) is 38.1 Å². The lowest BCUT2D eigenvalue weighted by Crippen LogP contribution is -2.45. The Balaban J connectivity index is 2.69. The Bertz CT molecular complexity index is 575. The lowest BCUT2D eigenvalue weighted by Gasteiger charge is -2.14. The summed E-state index contributed by atoms with van der Waals surface area (Å²) in [6.07, 6.45) is 0.620. The van der Waals surface area contributed by atoms with Crippen molar-refractivity contribution in [1.29, 1.82) is 0 Å². The maximum absolute atomic E-state index is 12.2. The molecule has 1 aromatic heterocycles. The highest BCUT2D eigenvalue weighted by Gasteiger charge is 2.27. The van der Waals surface area contributed by atoms with Gasteiger partial charge in [0.25, 0.3) is 0 Å². The molecule has 8 nitrogen and oxygen atoms in total. The van der Waals surface area contributed by atoms with Crippen LogP contribution in [0.5, 0.6) is 0 Å². The number of amides is 1. The van der Waals surface area contributed by atoms with Gasteiger partial charge in [0.05, 0.1) is 6.04 Å². The van der Waals surface area contributed by atoms with Gasteiger partial charge in [0, 0.05) is 12.6 Å². The van der Waals surface area contributed by atoms with Gasteiger partial charge in [0.1, 0.15) is 10.6 Å². The normalized spacial score (nSPS) is 14.7. The van der Waals surface area contributed by atoms with Gasteiger partial charge in [-0.25, -0.2) is 8.42 Å². The fraction of sp³-hybridized carbons (Fsp3) is 0.667. The van der Waals surface area contributed by atoms with Crippen molar-refractivity contribution in [1.82, 2.24) is 15.2 Å². The first kappa shape index (κ1) is 17.6. The van der Waals surface area contributed by atoms with Gasteiger partial charge in [-0.3, -0.25) is 4.79 Å². The summed E-state index contributed by atoms with van der Waals surface area (Å²) in [4.78, 5) is 11.8. The van der Waals surface area contributed by atoms with Gasteiger partial charge < -0.3 is 15.6 Å². The lowest BCUT2D eigenvalue weighted by molar-refractivity contribution is -0.122. The number of aryl methyl sites for hydroxylation is 2. The smallest absolute Gasteiger partial charge is 0.246 e. The Kier molecular flexibility index (Phi) is 5.87. The fourth-order valence-electron chi connectivity index (χ4n) is 1.78. The maximum atomic E-state index is 12.2. The van der Waals surface area contributed by atoms with E-state index in [1.54, 1.807) is 0 Å². The van der Waals surface area contributed by atoms with Crippen molar-refractivity contribution in [3.8, 4) is 0 Å². The molecule has 1 heterocycles. The SMILES string of the molecule is Cc1noc(C)c1S(=O)(=O)NC(C)C(=O)NCCC(C)N. The first-order chi connectivity index (χ1) is 9.65. The molecule has 2 unspecified atom stereocenters. The molecule has 0 fully saturated rings. The first-order valence-electron chi connectivity index (χ1n) is 6.63. The summed E-state index contributed by atoms with van der Waals surface area (Å²) in [6.45, 7) is 6.72. The van der Waals surface area contributed by atoms with Crippen molar-refractivity contribution >= 4 is 15.9 Å². The third-order valence-corrected chi connectivity index (χ3v) is 4.64. The van der Waals surface area contributed by atoms with E-state index in [-0.39, 0.29) is 22.4 Å². The van der Waals surface area contributed by atoms with Crippen molar-refractivity contribution in [2.24, 2.45) is 5.73 Å². The molecule has 1 amide bonds. The third-order valence-electron chi connectivity index (χ3n) is 2.86. The molecule has 2 atom stereocenters. The lowest BCUT2D eigenvalue weighted by atomic mass is 10.2. The van der Waals surface area contributed by atoms with Crippen molar-refractivity contribution in [2.45, 2.75) is 51.1 Å². The van der Waals surface area contributed by atoms with Crippen LogP contribution < -0.4 is 15.8 Å². The summed E-state index contributed by atoms with van der Waals surface area (Å²) in [5, 5.41) is 6.22. The molecule has 0 aromatic carbocycles. The van der Waals surface area contributed by atoms with E-state index < -0.39 is 22.0 Å². The van der Waals surface area contributed by atoms with Gasteiger partial charge in [-0.2, -0.15) is 4.72 Å². The third kappa shape index (κ3) is 4.80. The Morgan fingerprint density at radius 3 is 2.48 bits per heavy atom. The van der Waals surface area contributed by atoms with Crippen LogP contribution in [0.25, 0.3) is 0 Å². The zero-order chi connectivity index (χ0) is 16.2. The van der Waals surface area contributed by atoms with E-state index in [2.05, 4.69) is 15.2 Å². The second kappa shape index (κ2) is 7.01. The molecule has 0 spiro atoms. The van der Waals surface area contributed by atoms with Crippen LogP contribution >= 0.6 is 0 Å². The minimum absolute atomic E-state index is 0.0281. The van der Waals surface area contributed by atoms with Crippen LogP contribution in [0.4, 0.5) is 0 Å². The average Bonchev–Trinajstić information content (AvgIpc) is 2.68. The topological polar surface area (TPSA) is 127 Å². The molecule has 0 aliphatic rings. The number of hydrogen-bond acceptors (Lipinski definition) is 6. The molecule has 0 bridgehead atoms. The molecule has 0 radical (unpaired) electrons. The highest BCUT2D eigenvalue weighted by molar-refractivity contribution is 7.89. The maximum Gasteiger partial charge on any atom is 0.246 e. The average molecular weight is 318 g/mol. The van der Waals surface area contributed by atoms with Crippen molar-refractivity contribution < 1.29 is 17.7 Å². The molecule has 0 aliphatic heterocycles. The van der Waals surface area contributed by atoms with Gasteiger partial charge in [-0.15, -0.1) is 0 Å². The molecule has 9 heteroatoms. The Morgan fingerprint density at radius 2 is 2.00 bits per heavy atom. The second-order valence-corrected chi connectivity index (χ2v) is 6.70. The van der Waals surface area contributed by atoms with Crippen molar-refractivity contribution in [2.75, 3.05) is 6.54 Å². The van der Waals surface area contributed by atoms with E-state index in [4.69, 9.17) is 10.3 Å². The van der Waals surface area contributed by atoms with Gasteiger partial charge in [-0.1, -0.05) is 5.16 Å². The van der Waals surface area contributed by atoms with E-state index in [0.29, 0.717) is 13.0 Å². The Morgan fingerprint density at radius 1 is 1.38 bits per heavy atom. The Labute approximate surface area is 124 Å². The molecule has 120 valence electrons. The predicted molar refractivity (Wildman–Crippen MR) is 77.0 cm³/mol. The van der Waals surface area contributed by atoms with E-state index in [1.807, 2.05) is 6.92 Å². The minimum Gasteiger partial charge on any atom is -0.360 e. The molecular weight excluding hydrogens is 296 g/mol. The summed E-state index contributed by atoms with van der Waals surface area (Å²) in [7, 11) is -3.86. The summed E-state index contributed by atoms with van der Waals surface area (Å²) < 4.78 is 31.6. The highest BCUT2D eigenvalue weighted by Crippen LogP contribution is 2.18. The monoisotopic (exact) mass is 318 g/mol. The highest BCUT2D eigenvalue weighted by atomic mass is 32.2. The van der Waals surface area contributed by atoms with Crippen molar-refractivity contribution in [3.05, 3.63) is 11.5 Å². The van der Waals surface area contributed by atoms with Gasteiger partial charge in [-0.05, 0) is 34.1 Å². The largest absolute Gasteiger partial charge is 0.360 e. The van der Waals surface area contributed by atoms with Crippen LogP contribution in [0.3, 0.4) is 0 Å². The molecule has 0 saturated heterocycles. The summed E-state index contributed by atoms with van der Waals surface area (Å²) in [5.74, 6) is -0.226. The van der Waals surface area contributed by atoms with Crippen LogP contribution in [0.15, 0.2) is 9.42 Å². The molecular formula is C12H22N4O4S. The number of rotatable bonds is 7. The number of sulfonamides is 1. The number of carbonyl (C=O) groups excluding carboxylic acids is 1. The number of nitrogens with one attached hydrogen (secondary N) is 2. The molecule has 0 aliphatic carbocycles.